The molecule has 0 aliphatic heterocycles. The zero-order valence-electron chi connectivity index (χ0n) is 6.77. The van der Waals surface area contributed by atoms with Crippen LogP contribution in [0.25, 0.3) is 0 Å². The number of hydrogen-bond donors (Lipinski definition) is 1. The molecule has 0 amide bonds. The Balaban J connectivity index is 2.93. The van der Waals surface area contributed by atoms with Crippen molar-refractivity contribution in [1.29, 1.82) is 0 Å². The van der Waals surface area contributed by atoms with Crippen molar-refractivity contribution in [3.63, 3.8) is 0 Å². The Morgan fingerprint density at radius 3 is 3.00 bits per heavy atom. The Bertz CT molecular complexity index is 276. The van der Waals surface area contributed by atoms with Gasteiger partial charge >= 0.3 is 0 Å². The fourth-order valence-corrected chi connectivity index (χ4v) is 0.748. The minimum absolute atomic E-state index is 0.431. The van der Waals surface area contributed by atoms with Crippen molar-refractivity contribution in [3.05, 3.63) is 30.7 Å². The van der Waals surface area contributed by atoms with Gasteiger partial charge in [-0.05, 0) is 0 Å². The van der Waals surface area contributed by atoms with Crippen LogP contribution in [0.15, 0.2) is 25.0 Å². The van der Waals surface area contributed by atoms with Crippen LogP contribution in [0.2, 0.25) is 0 Å². The normalized spacial score (nSPS) is 12.2. The third-order valence-electron chi connectivity index (χ3n) is 1.40. The minimum atomic E-state index is -0.762. The molecule has 0 saturated heterocycles. The van der Waals surface area contributed by atoms with Gasteiger partial charge in [0, 0.05) is 6.07 Å². The summed E-state index contributed by atoms with van der Waals surface area (Å²) in [5, 5.41) is 9.29. The highest BCUT2D eigenvalue weighted by molar-refractivity contribution is 5.17. The van der Waals surface area contributed by atoms with Crippen LogP contribution in [0.3, 0.4) is 0 Å². The monoisotopic (exact) mass is 166 g/mol. The van der Waals surface area contributed by atoms with Crippen LogP contribution in [0.5, 0.6) is 5.88 Å². The Hall–Kier alpha value is -1.42. The summed E-state index contributed by atoms with van der Waals surface area (Å²) in [6.45, 7) is 3.44. The maximum atomic E-state index is 9.29. The highest BCUT2D eigenvalue weighted by Crippen LogP contribution is 2.13. The van der Waals surface area contributed by atoms with E-state index in [0.29, 0.717) is 11.6 Å². The molecule has 1 N–H and O–H groups in total. The van der Waals surface area contributed by atoms with Gasteiger partial charge in [-0.25, -0.2) is 9.97 Å². The number of aliphatic hydroxyl groups is 1. The fourth-order valence-electron chi connectivity index (χ4n) is 0.748. The molecule has 0 fully saturated rings. The van der Waals surface area contributed by atoms with Gasteiger partial charge in [0.05, 0.1) is 12.8 Å². The molecule has 1 unspecified atom stereocenters. The average Bonchev–Trinajstić information content (AvgIpc) is 2.17. The number of nitrogens with zero attached hydrogens (tertiary/aromatic N) is 2. The number of ether oxygens (including phenoxy) is 1. The van der Waals surface area contributed by atoms with E-state index >= 15 is 0 Å². The topological polar surface area (TPSA) is 55.2 Å². The van der Waals surface area contributed by atoms with Gasteiger partial charge in [-0.15, -0.1) is 6.58 Å². The second-order valence-electron chi connectivity index (χ2n) is 2.17. The molecule has 0 bridgehead atoms. The van der Waals surface area contributed by atoms with Crippen LogP contribution in [0, 0.1) is 0 Å². The summed E-state index contributed by atoms with van der Waals surface area (Å²) >= 11 is 0. The van der Waals surface area contributed by atoms with Gasteiger partial charge in [0.2, 0.25) is 5.88 Å². The second-order valence-corrected chi connectivity index (χ2v) is 2.17. The molecule has 0 radical (unpaired) electrons. The molecular weight excluding hydrogens is 156 g/mol. The molecule has 64 valence electrons. The fraction of sp³-hybridized carbons (Fsp3) is 0.250. The Labute approximate surface area is 70.5 Å². The number of methoxy groups -OCH3 is 1. The van der Waals surface area contributed by atoms with Crippen LogP contribution < -0.4 is 4.74 Å². The minimum Gasteiger partial charge on any atom is -0.481 e. The van der Waals surface area contributed by atoms with Crippen molar-refractivity contribution in [2.45, 2.75) is 6.10 Å². The van der Waals surface area contributed by atoms with Crippen LogP contribution in [0.4, 0.5) is 0 Å². The summed E-state index contributed by atoms with van der Waals surface area (Å²) < 4.78 is 4.85. The van der Waals surface area contributed by atoms with E-state index in [4.69, 9.17) is 4.74 Å². The molecule has 0 aliphatic rings. The third-order valence-corrected chi connectivity index (χ3v) is 1.40. The highest BCUT2D eigenvalue weighted by Gasteiger charge is 2.05. The van der Waals surface area contributed by atoms with E-state index in [0.717, 1.165) is 0 Å². The van der Waals surface area contributed by atoms with Crippen molar-refractivity contribution in [1.82, 2.24) is 9.97 Å². The maximum absolute atomic E-state index is 9.29. The van der Waals surface area contributed by atoms with Crippen LogP contribution in [0.1, 0.15) is 11.8 Å². The number of aliphatic hydroxyl groups excluding tert-OH is 1. The number of rotatable bonds is 3. The summed E-state index contributed by atoms with van der Waals surface area (Å²) in [5.74, 6) is 0.431. The summed E-state index contributed by atoms with van der Waals surface area (Å²) in [6.07, 6.45) is 1.96. The first-order valence-electron chi connectivity index (χ1n) is 3.44. The van der Waals surface area contributed by atoms with E-state index in [1.54, 1.807) is 6.07 Å². The molecule has 0 aliphatic carbocycles. The zero-order valence-corrected chi connectivity index (χ0v) is 6.77. The second kappa shape index (κ2) is 3.82. The van der Waals surface area contributed by atoms with Crippen LogP contribution >= 0.6 is 0 Å². The quantitative estimate of drug-likeness (QED) is 0.672. The van der Waals surface area contributed by atoms with Crippen molar-refractivity contribution in [3.8, 4) is 5.88 Å². The lowest BCUT2D eigenvalue weighted by Gasteiger charge is -2.04. The van der Waals surface area contributed by atoms with E-state index in [1.165, 1.54) is 19.5 Å². The van der Waals surface area contributed by atoms with Crippen molar-refractivity contribution >= 4 is 0 Å². The van der Waals surface area contributed by atoms with Gasteiger partial charge in [0.15, 0.2) is 0 Å². The summed E-state index contributed by atoms with van der Waals surface area (Å²) in [6, 6.07) is 1.56. The lowest BCUT2D eigenvalue weighted by Crippen LogP contribution is -1.98. The van der Waals surface area contributed by atoms with E-state index < -0.39 is 6.10 Å². The lowest BCUT2D eigenvalue weighted by molar-refractivity contribution is 0.223. The molecule has 4 nitrogen and oxygen atoms in total. The van der Waals surface area contributed by atoms with Crippen molar-refractivity contribution in [2.24, 2.45) is 0 Å². The van der Waals surface area contributed by atoms with Gasteiger partial charge in [0.1, 0.15) is 12.4 Å². The number of hydrogen-bond acceptors (Lipinski definition) is 4. The first-order chi connectivity index (χ1) is 5.77. The summed E-state index contributed by atoms with van der Waals surface area (Å²) in [4.78, 5) is 7.64. The summed E-state index contributed by atoms with van der Waals surface area (Å²) in [7, 11) is 1.51. The standard InChI is InChI=1S/C8H10N2O2/c1-3-7(11)6-4-8(12-2)10-5-9-6/h3-5,7,11H,1H2,2H3. The zero-order chi connectivity index (χ0) is 8.97. The molecule has 12 heavy (non-hydrogen) atoms. The summed E-state index contributed by atoms with van der Waals surface area (Å²) in [5.41, 5.74) is 0.483. The molecule has 4 heteroatoms. The Morgan fingerprint density at radius 2 is 2.42 bits per heavy atom. The molecular formula is C8H10N2O2. The molecule has 1 aromatic heterocycles. The van der Waals surface area contributed by atoms with Crippen LogP contribution in [-0.2, 0) is 0 Å². The highest BCUT2D eigenvalue weighted by atomic mass is 16.5. The Kier molecular flexibility index (Phi) is 2.76. The largest absolute Gasteiger partial charge is 0.481 e. The average molecular weight is 166 g/mol. The molecule has 1 rings (SSSR count). The first kappa shape index (κ1) is 8.67. The molecule has 1 atom stereocenters. The number of aromatic nitrogens is 2. The molecule has 0 aromatic carbocycles. The van der Waals surface area contributed by atoms with Gasteiger partial charge < -0.3 is 9.84 Å². The van der Waals surface area contributed by atoms with Crippen LogP contribution in [-0.4, -0.2) is 22.2 Å². The Morgan fingerprint density at radius 1 is 1.67 bits per heavy atom. The molecule has 0 saturated carbocycles. The van der Waals surface area contributed by atoms with E-state index in [1.807, 2.05) is 0 Å². The first-order valence-corrected chi connectivity index (χ1v) is 3.44. The molecule has 1 aromatic rings. The van der Waals surface area contributed by atoms with Gasteiger partial charge in [-0.2, -0.15) is 0 Å². The smallest absolute Gasteiger partial charge is 0.216 e. The van der Waals surface area contributed by atoms with Crippen molar-refractivity contribution < 1.29 is 9.84 Å². The van der Waals surface area contributed by atoms with E-state index in [-0.39, 0.29) is 0 Å². The van der Waals surface area contributed by atoms with E-state index in [9.17, 15) is 5.11 Å². The van der Waals surface area contributed by atoms with Gasteiger partial charge in [0.25, 0.3) is 0 Å². The van der Waals surface area contributed by atoms with Gasteiger partial charge in [-0.3, -0.25) is 0 Å². The van der Waals surface area contributed by atoms with Crippen molar-refractivity contribution in [2.75, 3.05) is 7.11 Å². The molecule has 0 spiro atoms. The third kappa shape index (κ3) is 1.79. The molecule has 1 heterocycles. The maximum Gasteiger partial charge on any atom is 0.216 e. The van der Waals surface area contributed by atoms with Gasteiger partial charge in [-0.1, -0.05) is 6.08 Å². The van der Waals surface area contributed by atoms with E-state index in [2.05, 4.69) is 16.5 Å². The predicted octanol–water partition coefficient (Wildman–Crippen LogP) is 0.705. The SMILES string of the molecule is C=CC(O)c1cc(OC)ncn1. The lowest BCUT2D eigenvalue weighted by atomic mass is 10.2. The predicted molar refractivity (Wildman–Crippen MR) is 43.7 cm³/mol.